The quantitative estimate of drug-likeness (QED) is 0.0324. The number of imidazole rings is 1. The molecule has 0 saturated carbocycles. The van der Waals surface area contributed by atoms with Crippen molar-refractivity contribution in [3.05, 3.63) is 120 Å². The lowest BCUT2D eigenvalue weighted by Gasteiger charge is -2.39. The summed E-state index contributed by atoms with van der Waals surface area (Å²) in [5.74, 6) is 0.0875. The Morgan fingerprint density at radius 3 is 1.64 bits per heavy atom. The fourth-order valence-corrected chi connectivity index (χ4v) is 8.48. The molecule has 2 aromatic heterocycles. The average molecular weight is 831 g/mol. The van der Waals surface area contributed by atoms with Crippen molar-refractivity contribution >= 4 is 27.4 Å². The number of unbranched alkanes of at least 4 members (excludes halogenated alkanes) is 4. The van der Waals surface area contributed by atoms with Crippen molar-refractivity contribution in [1.82, 2.24) is 19.5 Å². The Hall–Kier alpha value is -4.28. The number of hydrogen-bond donors (Lipinski definition) is 2. The van der Waals surface area contributed by atoms with Crippen LogP contribution in [-0.2, 0) is 29.7 Å². The number of ether oxygens (including phenoxy) is 2. The number of quaternary nitrogens is 1. The zero-order valence-corrected chi connectivity index (χ0v) is 35.8. The maximum atomic E-state index is 11.7. The number of aliphatic hydroxyl groups is 1. The summed E-state index contributed by atoms with van der Waals surface area (Å²) >= 11 is 0. The van der Waals surface area contributed by atoms with Crippen molar-refractivity contribution in [3.8, 4) is 0 Å². The minimum absolute atomic E-state index is 0.0875. The fraction of sp³-hybridized carbons (Fsp3) is 0.489. The zero-order valence-electron chi connectivity index (χ0n) is 34.9. The molecule has 0 bridgehead atoms. The first-order valence-corrected chi connectivity index (χ1v) is 22.4. The van der Waals surface area contributed by atoms with Crippen LogP contribution < -0.4 is 5.73 Å². The molecule has 0 radical (unpaired) electrons. The van der Waals surface area contributed by atoms with Crippen LogP contribution in [0.25, 0.3) is 11.2 Å². The fourth-order valence-electron chi connectivity index (χ4n) is 8.00. The Morgan fingerprint density at radius 2 is 1.22 bits per heavy atom. The minimum Gasteiger partial charge on any atom is -0.726 e. The van der Waals surface area contributed by atoms with Crippen molar-refractivity contribution in [2.75, 3.05) is 38.5 Å². The van der Waals surface area contributed by atoms with Crippen molar-refractivity contribution in [2.45, 2.75) is 109 Å². The van der Waals surface area contributed by atoms with E-state index in [9.17, 15) is 18.1 Å². The molecule has 4 atom stereocenters. The molecule has 1 aliphatic heterocycles. The Bertz CT molecular complexity index is 1960. The van der Waals surface area contributed by atoms with Crippen LogP contribution in [0.15, 0.2) is 104 Å². The molecule has 14 heteroatoms. The lowest BCUT2D eigenvalue weighted by Crippen LogP contribution is -2.50. The van der Waals surface area contributed by atoms with Crippen LogP contribution in [0.5, 0.6) is 0 Å². The standard InChI is InChI=1S/C29H27N5O7S.C16H36N/c30-26-23-27(32-17-31-26)34(18-33-23)28-25(41-42(36,37)38)24(35)22(40-28)16-39-29(19-10-4-1-5-11-19,20-12-6-2-7-13-20)21-14-8-3-9-15-21;1-5-9-13-17(14-10-6-2,15-11-7-3)16-12-8-4/h1-15,17-18,22,24-25,28,35H,16H2,(H2,30,31,32)(H,36,37,38);5-16H2,1-4H3/q;+1/p-1/t22-,24+,25-,28-;/m1./s1. The number of rotatable bonds is 21. The molecule has 0 unspecified atom stereocenters. The van der Waals surface area contributed by atoms with Crippen molar-refractivity contribution in [1.29, 1.82) is 0 Å². The van der Waals surface area contributed by atoms with E-state index in [-0.39, 0.29) is 23.6 Å². The summed E-state index contributed by atoms with van der Waals surface area (Å²) in [6.45, 7) is 14.8. The molecule has 13 nitrogen and oxygen atoms in total. The van der Waals surface area contributed by atoms with E-state index in [0.717, 1.165) is 16.7 Å². The van der Waals surface area contributed by atoms with Crippen LogP contribution in [-0.4, -0.2) is 93.2 Å². The summed E-state index contributed by atoms with van der Waals surface area (Å²) in [6.07, 6.45) is 7.91. The third-order valence-corrected chi connectivity index (χ3v) is 11.6. The Balaban J connectivity index is 0.000000330. The van der Waals surface area contributed by atoms with E-state index in [4.69, 9.17) is 19.4 Å². The van der Waals surface area contributed by atoms with Gasteiger partial charge in [0.2, 0.25) is 10.4 Å². The van der Waals surface area contributed by atoms with E-state index in [0.29, 0.717) is 0 Å². The first kappa shape index (κ1) is 45.8. The van der Waals surface area contributed by atoms with Gasteiger partial charge in [0.1, 0.15) is 35.8 Å². The lowest BCUT2D eigenvalue weighted by molar-refractivity contribution is -0.929. The van der Waals surface area contributed by atoms with Crippen molar-refractivity contribution in [2.24, 2.45) is 0 Å². The molecule has 3 aromatic carbocycles. The predicted octanol–water partition coefficient (Wildman–Crippen LogP) is 7.52. The normalized spacial score (nSPS) is 18.5. The summed E-state index contributed by atoms with van der Waals surface area (Å²) in [5.41, 5.74) is 7.64. The van der Waals surface area contributed by atoms with Gasteiger partial charge in [0.05, 0.1) is 39.1 Å². The second-order valence-corrected chi connectivity index (χ2v) is 16.4. The number of nitrogens with two attached hydrogens (primary N) is 1. The topological polar surface area (TPSA) is 175 Å². The molecule has 6 rings (SSSR count). The molecule has 3 heterocycles. The number of fused-ring (bicyclic) bond motifs is 1. The van der Waals surface area contributed by atoms with Gasteiger partial charge >= 0.3 is 0 Å². The molecule has 320 valence electrons. The second-order valence-electron chi connectivity index (χ2n) is 15.3. The number of aliphatic hydroxyl groups excluding tert-OH is 1. The summed E-state index contributed by atoms with van der Waals surface area (Å²) in [6, 6.07) is 28.7. The van der Waals surface area contributed by atoms with E-state index in [1.54, 1.807) is 0 Å². The van der Waals surface area contributed by atoms with Crippen LogP contribution in [0.1, 0.15) is 102 Å². The molecular formula is C45H62N6O7S. The van der Waals surface area contributed by atoms with E-state index in [1.807, 2.05) is 91.0 Å². The third-order valence-electron chi connectivity index (χ3n) is 11.2. The summed E-state index contributed by atoms with van der Waals surface area (Å²) in [5, 5.41) is 11.3. The first-order chi connectivity index (χ1) is 28.5. The first-order valence-electron chi connectivity index (χ1n) is 21.1. The van der Waals surface area contributed by atoms with E-state index < -0.39 is 40.5 Å². The number of nitrogens with zero attached hydrogens (tertiary/aromatic N) is 5. The molecule has 59 heavy (non-hydrogen) atoms. The Labute approximate surface area is 350 Å². The van der Waals surface area contributed by atoms with Crippen LogP contribution >= 0.6 is 0 Å². The van der Waals surface area contributed by atoms with E-state index in [2.05, 4.69) is 42.6 Å². The highest BCUT2D eigenvalue weighted by molar-refractivity contribution is 7.80. The number of hydrogen-bond acceptors (Lipinski definition) is 11. The average Bonchev–Trinajstić information content (AvgIpc) is 3.82. The van der Waals surface area contributed by atoms with Gasteiger partial charge in [0.15, 0.2) is 17.7 Å². The summed E-state index contributed by atoms with van der Waals surface area (Å²) < 4.78 is 55.6. The zero-order chi connectivity index (χ0) is 42.3. The molecule has 1 fully saturated rings. The van der Waals surface area contributed by atoms with E-state index in [1.165, 1.54) is 99.3 Å². The van der Waals surface area contributed by atoms with Gasteiger partial charge in [-0.2, -0.15) is 0 Å². The highest BCUT2D eigenvalue weighted by Gasteiger charge is 2.49. The number of benzene rings is 3. The summed E-state index contributed by atoms with van der Waals surface area (Å²) in [4.78, 5) is 12.3. The van der Waals surface area contributed by atoms with Gasteiger partial charge in [0.25, 0.3) is 0 Å². The molecular weight excluding hydrogens is 769 g/mol. The van der Waals surface area contributed by atoms with Gasteiger partial charge in [-0.1, -0.05) is 144 Å². The van der Waals surface area contributed by atoms with Crippen LogP contribution in [0.4, 0.5) is 5.82 Å². The van der Waals surface area contributed by atoms with Crippen molar-refractivity contribution < 1.29 is 36.2 Å². The largest absolute Gasteiger partial charge is 0.726 e. The number of aromatic nitrogens is 4. The van der Waals surface area contributed by atoms with Gasteiger partial charge in [-0.05, 0) is 42.4 Å². The van der Waals surface area contributed by atoms with Gasteiger partial charge in [-0.25, -0.2) is 23.4 Å². The molecule has 0 aliphatic carbocycles. The number of nitrogen functional groups attached to an aromatic ring is 1. The monoisotopic (exact) mass is 830 g/mol. The highest BCUT2D eigenvalue weighted by Crippen LogP contribution is 2.42. The van der Waals surface area contributed by atoms with Gasteiger partial charge in [-0.15, -0.1) is 0 Å². The van der Waals surface area contributed by atoms with Gasteiger partial charge in [0, 0.05) is 0 Å². The highest BCUT2D eigenvalue weighted by atomic mass is 32.3. The lowest BCUT2D eigenvalue weighted by atomic mass is 9.80. The molecule has 5 aromatic rings. The Morgan fingerprint density at radius 1 is 0.763 bits per heavy atom. The second kappa shape index (κ2) is 21.8. The predicted molar refractivity (Wildman–Crippen MR) is 229 cm³/mol. The summed E-state index contributed by atoms with van der Waals surface area (Å²) in [7, 11) is -5.24. The molecule has 0 spiro atoms. The van der Waals surface area contributed by atoms with Crippen LogP contribution in [0.3, 0.4) is 0 Å². The van der Waals surface area contributed by atoms with Crippen LogP contribution in [0, 0.1) is 0 Å². The van der Waals surface area contributed by atoms with Gasteiger partial charge < -0.3 is 29.3 Å². The Kier molecular flexibility index (Phi) is 16.9. The number of anilines is 1. The minimum atomic E-state index is -5.24. The molecule has 0 amide bonds. The SMILES string of the molecule is CCCC[N+](CCCC)(CCCC)CCCC.Nc1ncnc2c1ncn2[C@@H]1O[C@H](COC(c2ccccc2)(c2ccccc2)c2ccccc2)[C@H](O)[C@H]1OS(=O)(=O)[O-]. The smallest absolute Gasteiger partial charge is 0.218 e. The molecule has 3 N–H and O–H groups in total. The van der Waals surface area contributed by atoms with Crippen molar-refractivity contribution in [3.63, 3.8) is 0 Å². The van der Waals surface area contributed by atoms with E-state index >= 15 is 0 Å². The van der Waals surface area contributed by atoms with Gasteiger partial charge in [-0.3, -0.25) is 8.75 Å². The maximum absolute atomic E-state index is 11.7. The van der Waals surface area contributed by atoms with Crippen LogP contribution in [0.2, 0.25) is 0 Å². The maximum Gasteiger partial charge on any atom is 0.218 e. The molecule has 1 saturated heterocycles. The molecule has 1 aliphatic rings. The third kappa shape index (κ3) is 11.5.